The van der Waals surface area contributed by atoms with E-state index in [1.807, 2.05) is 6.07 Å². The van der Waals surface area contributed by atoms with Gasteiger partial charge in [-0.05, 0) is 34.9 Å². The van der Waals surface area contributed by atoms with Crippen molar-refractivity contribution >= 4 is 0 Å². The second-order valence-electron chi connectivity index (χ2n) is 7.37. The lowest BCUT2D eigenvalue weighted by molar-refractivity contribution is 0.190. The van der Waals surface area contributed by atoms with E-state index in [1.54, 1.807) is 7.11 Å². The van der Waals surface area contributed by atoms with Crippen molar-refractivity contribution in [2.24, 2.45) is 5.41 Å². The summed E-state index contributed by atoms with van der Waals surface area (Å²) in [6.07, 6.45) is 0. The Morgan fingerprint density at radius 2 is 1.58 bits per heavy atom. The molecule has 0 aliphatic rings. The first-order valence-corrected chi connectivity index (χ1v) is 6.87. The van der Waals surface area contributed by atoms with Gasteiger partial charge in [-0.25, -0.2) is 0 Å². The Morgan fingerprint density at radius 1 is 1.00 bits per heavy atom. The molecule has 0 bridgehead atoms. The predicted octanol–water partition coefficient (Wildman–Crippen LogP) is 4.73. The van der Waals surface area contributed by atoms with Crippen molar-refractivity contribution in [3.8, 4) is 11.5 Å². The Bertz CT molecular complexity index is 434. The Balaban J connectivity index is 3.19. The minimum absolute atomic E-state index is 0.107. The van der Waals surface area contributed by atoms with Gasteiger partial charge in [-0.2, -0.15) is 0 Å². The molecule has 0 N–H and O–H groups in total. The molecule has 19 heavy (non-hydrogen) atoms. The van der Waals surface area contributed by atoms with E-state index in [4.69, 9.17) is 9.47 Å². The summed E-state index contributed by atoms with van der Waals surface area (Å²) in [5.74, 6) is 1.69. The third-order valence-electron chi connectivity index (χ3n) is 3.05. The van der Waals surface area contributed by atoms with Gasteiger partial charge in [0.1, 0.15) is 0 Å². The summed E-state index contributed by atoms with van der Waals surface area (Å²) >= 11 is 0. The molecule has 0 atom stereocenters. The molecule has 108 valence electrons. The van der Waals surface area contributed by atoms with Gasteiger partial charge in [0, 0.05) is 0 Å². The number of rotatable bonds is 3. The predicted molar refractivity (Wildman–Crippen MR) is 81.4 cm³/mol. The van der Waals surface area contributed by atoms with E-state index in [-0.39, 0.29) is 10.8 Å². The van der Waals surface area contributed by atoms with Crippen molar-refractivity contribution in [3.05, 3.63) is 23.3 Å². The maximum Gasteiger partial charge on any atom is 0.164 e. The van der Waals surface area contributed by atoms with Crippen LogP contribution in [0.25, 0.3) is 0 Å². The number of hydrogen-bond donors (Lipinski definition) is 0. The molecule has 0 heterocycles. The molecule has 0 aliphatic heterocycles. The first kappa shape index (κ1) is 15.9. The van der Waals surface area contributed by atoms with Crippen molar-refractivity contribution in [1.29, 1.82) is 0 Å². The fraction of sp³-hybridized carbons (Fsp3) is 0.647. The van der Waals surface area contributed by atoms with E-state index in [1.165, 1.54) is 11.1 Å². The number of hydrogen-bond acceptors (Lipinski definition) is 2. The van der Waals surface area contributed by atoms with Gasteiger partial charge >= 0.3 is 0 Å². The van der Waals surface area contributed by atoms with Gasteiger partial charge in [0.15, 0.2) is 11.5 Å². The molecule has 2 nitrogen and oxygen atoms in total. The normalized spacial score (nSPS) is 12.4. The molecule has 0 saturated heterocycles. The first-order chi connectivity index (χ1) is 8.56. The molecule has 1 aromatic rings. The van der Waals surface area contributed by atoms with Gasteiger partial charge in [0.25, 0.3) is 0 Å². The molecule has 1 aromatic carbocycles. The minimum Gasteiger partial charge on any atom is -0.493 e. The summed E-state index contributed by atoms with van der Waals surface area (Å²) in [5, 5.41) is 0. The van der Waals surface area contributed by atoms with Crippen LogP contribution >= 0.6 is 0 Å². The first-order valence-electron chi connectivity index (χ1n) is 6.87. The standard InChI is InChI=1S/C17H28O2/c1-12-13(17(5,6)7)9-10-14(18-8)15(12)19-11-16(2,3)4/h9-10H,11H2,1-8H3. The van der Waals surface area contributed by atoms with Crippen molar-refractivity contribution < 1.29 is 9.47 Å². The van der Waals surface area contributed by atoms with Gasteiger partial charge in [0.05, 0.1) is 13.7 Å². The smallest absolute Gasteiger partial charge is 0.164 e. The summed E-state index contributed by atoms with van der Waals surface area (Å²) in [7, 11) is 1.69. The van der Waals surface area contributed by atoms with Crippen LogP contribution in [0.15, 0.2) is 12.1 Å². The third-order valence-corrected chi connectivity index (χ3v) is 3.05. The second-order valence-corrected chi connectivity index (χ2v) is 7.37. The number of ether oxygens (including phenoxy) is 2. The van der Waals surface area contributed by atoms with Crippen LogP contribution in [0.2, 0.25) is 0 Å². The maximum atomic E-state index is 6.03. The van der Waals surface area contributed by atoms with E-state index in [0.29, 0.717) is 6.61 Å². The Hall–Kier alpha value is -1.18. The molecule has 0 aromatic heterocycles. The fourth-order valence-electron chi connectivity index (χ4n) is 2.11. The molecule has 0 unspecified atom stereocenters. The van der Waals surface area contributed by atoms with Crippen LogP contribution in [0.5, 0.6) is 11.5 Å². The lowest BCUT2D eigenvalue weighted by atomic mass is 9.83. The molecule has 1 rings (SSSR count). The molecule has 0 spiro atoms. The van der Waals surface area contributed by atoms with Crippen LogP contribution in [0.1, 0.15) is 52.7 Å². The highest BCUT2D eigenvalue weighted by Gasteiger charge is 2.22. The average molecular weight is 264 g/mol. The van der Waals surface area contributed by atoms with Crippen LogP contribution < -0.4 is 9.47 Å². The van der Waals surface area contributed by atoms with Gasteiger partial charge in [-0.15, -0.1) is 0 Å². The molecule has 0 aliphatic carbocycles. The lowest BCUT2D eigenvalue weighted by Crippen LogP contribution is -2.19. The zero-order valence-electron chi connectivity index (χ0n) is 13.7. The summed E-state index contributed by atoms with van der Waals surface area (Å²) < 4.78 is 11.5. The number of methoxy groups -OCH3 is 1. The number of benzene rings is 1. The van der Waals surface area contributed by atoms with Gasteiger partial charge < -0.3 is 9.47 Å². The monoisotopic (exact) mass is 264 g/mol. The summed E-state index contributed by atoms with van der Waals surface area (Å²) in [4.78, 5) is 0. The van der Waals surface area contributed by atoms with Crippen LogP contribution in [0.4, 0.5) is 0 Å². The summed E-state index contributed by atoms with van der Waals surface area (Å²) in [6.45, 7) is 16.0. The summed E-state index contributed by atoms with van der Waals surface area (Å²) in [6, 6.07) is 4.14. The van der Waals surface area contributed by atoms with E-state index in [2.05, 4.69) is 54.5 Å². The zero-order chi connectivity index (χ0) is 14.8. The zero-order valence-corrected chi connectivity index (χ0v) is 13.7. The summed E-state index contributed by atoms with van der Waals surface area (Å²) in [5.41, 5.74) is 2.72. The molecule has 0 saturated carbocycles. The molecular formula is C17H28O2. The van der Waals surface area contributed by atoms with E-state index in [0.717, 1.165) is 11.5 Å². The molecule has 0 amide bonds. The van der Waals surface area contributed by atoms with Crippen LogP contribution in [0, 0.1) is 12.3 Å². The van der Waals surface area contributed by atoms with Crippen LogP contribution in [-0.2, 0) is 5.41 Å². The van der Waals surface area contributed by atoms with Gasteiger partial charge in [-0.1, -0.05) is 47.6 Å². The van der Waals surface area contributed by atoms with Crippen molar-refractivity contribution in [3.63, 3.8) is 0 Å². The molecular weight excluding hydrogens is 236 g/mol. The van der Waals surface area contributed by atoms with Crippen molar-refractivity contribution in [2.75, 3.05) is 13.7 Å². The quantitative estimate of drug-likeness (QED) is 0.786. The highest BCUT2D eigenvalue weighted by atomic mass is 16.5. The maximum absolute atomic E-state index is 6.03. The minimum atomic E-state index is 0.107. The van der Waals surface area contributed by atoms with E-state index < -0.39 is 0 Å². The Morgan fingerprint density at radius 3 is 2.00 bits per heavy atom. The Kier molecular flexibility index (Phi) is 4.54. The Labute approximate surface area is 118 Å². The average Bonchev–Trinajstić information content (AvgIpc) is 2.23. The van der Waals surface area contributed by atoms with Gasteiger partial charge in [-0.3, -0.25) is 0 Å². The van der Waals surface area contributed by atoms with Crippen molar-refractivity contribution in [1.82, 2.24) is 0 Å². The topological polar surface area (TPSA) is 18.5 Å². The highest BCUT2D eigenvalue weighted by Crippen LogP contribution is 2.38. The fourth-order valence-corrected chi connectivity index (χ4v) is 2.11. The van der Waals surface area contributed by atoms with Crippen LogP contribution in [0.3, 0.4) is 0 Å². The molecule has 0 radical (unpaired) electrons. The third kappa shape index (κ3) is 4.15. The lowest BCUT2D eigenvalue weighted by Gasteiger charge is -2.26. The van der Waals surface area contributed by atoms with Crippen molar-refractivity contribution in [2.45, 2.75) is 53.9 Å². The largest absolute Gasteiger partial charge is 0.493 e. The molecule has 2 heteroatoms. The van der Waals surface area contributed by atoms with E-state index >= 15 is 0 Å². The second kappa shape index (κ2) is 5.44. The van der Waals surface area contributed by atoms with Crippen LogP contribution in [-0.4, -0.2) is 13.7 Å². The van der Waals surface area contributed by atoms with Gasteiger partial charge in [0.2, 0.25) is 0 Å². The highest BCUT2D eigenvalue weighted by molar-refractivity contribution is 5.52. The molecule has 0 fully saturated rings. The van der Waals surface area contributed by atoms with E-state index in [9.17, 15) is 0 Å². The SMILES string of the molecule is COc1ccc(C(C)(C)C)c(C)c1OCC(C)(C)C.